The summed E-state index contributed by atoms with van der Waals surface area (Å²) in [6.45, 7) is 0. The molecule has 0 radical (unpaired) electrons. The summed E-state index contributed by atoms with van der Waals surface area (Å²) in [4.78, 5) is 2.95. The number of aliphatic hydroxyl groups excluding tert-OH is 1. The molecule has 0 aromatic rings. The Hall–Kier alpha value is -0.0466. The Morgan fingerprint density at radius 1 is 1.53 bits per heavy atom. The number of nitrogens with zero attached hydrogens (tertiary/aromatic N) is 2. The molecule has 1 aliphatic carbocycles. The number of halogens is 3. The van der Waals surface area contributed by atoms with E-state index in [1.54, 1.807) is 0 Å². The van der Waals surface area contributed by atoms with Crippen molar-refractivity contribution in [3.8, 4) is 0 Å². The van der Waals surface area contributed by atoms with Crippen molar-refractivity contribution < 1.29 is 58.9 Å². The van der Waals surface area contributed by atoms with Gasteiger partial charge in [-0.2, -0.15) is 4.79 Å². The number of methoxy groups -OCH3 is 1. The van der Waals surface area contributed by atoms with E-state index in [9.17, 15) is 5.11 Å². The molecule has 4 nitrogen and oxygen atoms in total. The van der Waals surface area contributed by atoms with Gasteiger partial charge < -0.3 is 40.2 Å². The number of allylic oxidation sites excluding steroid dienone is 2. The van der Waals surface area contributed by atoms with Crippen molar-refractivity contribution in [1.82, 2.24) is 0 Å². The maximum atomic E-state index is 9.21. The first kappa shape index (κ1) is 20.4. The molecule has 0 saturated carbocycles. The van der Waals surface area contributed by atoms with Crippen molar-refractivity contribution in [1.29, 1.82) is 0 Å². The first-order valence-electron chi connectivity index (χ1n) is 3.25. The predicted molar refractivity (Wildman–Crippen MR) is 43.8 cm³/mol. The molecule has 0 saturated heterocycles. The number of hydrogen-bond donors (Lipinski definition) is 1. The molecule has 0 aliphatic heterocycles. The van der Waals surface area contributed by atoms with Crippen LogP contribution in [-0.2, 0) is 24.2 Å². The van der Waals surface area contributed by atoms with Crippen LogP contribution in [0.5, 0.6) is 0 Å². The Labute approximate surface area is 118 Å². The standard InChI is InChI=1S/C7H7ClN2O2.2ClH.Zn/c1-12-7-5(11)3-2-4(10-9)6(7)8;;;/h3,11H,2H2,1H3;2*1H;/q;;;+2/p-2. The molecule has 1 N–H and O–H groups in total. The molecule has 0 spiro atoms. The van der Waals surface area contributed by atoms with Gasteiger partial charge in [0.15, 0.2) is 16.6 Å². The van der Waals surface area contributed by atoms with E-state index in [1.807, 2.05) is 0 Å². The maximum absolute atomic E-state index is 9.21. The molecule has 0 aromatic carbocycles. The summed E-state index contributed by atoms with van der Waals surface area (Å²) < 4.78 is 4.79. The maximum Gasteiger partial charge on any atom is 2.00 e. The fraction of sp³-hybridized carbons (Fsp3) is 0.286. The molecule has 0 unspecified atom stereocenters. The van der Waals surface area contributed by atoms with Crippen LogP contribution in [0.15, 0.2) is 22.6 Å². The molecule has 0 fully saturated rings. The SMILES string of the molecule is COC1=C(Cl)C(=[N+]=[N-])CC=C1O.[Cl-].[Cl-].[Zn+2]. The Balaban J connectivity index is -0.000000480. The predicted octanol–water partition coefficient (Wildman–Crippen LogP) is -4.39. The van der Waals surface area contributed by atoms with Gasteiger partial charge in [0.05, 0.1) is 13.5 Å². The third-order valence-electron chi connectivity index (χ3n) is 1.50. The monoisotopic (exact) mass is 320 g/mol. The molecule has 1 rings (SSSR count). The third-order valence-corrected chi connectivity index (χ3v) is 1.89. The van der Waals surface area contributed by atoms with E-state index in [0.29, 0.717) is 6.42 Å². The van der Waals surface area contributed by atoms with Crippen molar-refractivity contribution in [3.05, 3.63) is 28.2 Å². The Bertz CT molecular complexity index is 324. The van der Waals surface area contributed by atoms with E-state index in [1.165, 1.54) is 13.2 Å². The van der Waals surface area contributed by atoms with Crippen LogP contribution in [0.4, 0.5) is 0 Å². The average Bonchev–Trinajstić information content (AvgIpc) is 2.06. The molecule has 8 heteroatoms. The number of rotatable bonds is 1. The summed E-state index contributed by atoms with van der Waals surface area (Å²) in [5, 5.41) is 9.35. The summed E-state index contributed by atoms with van der Waals surface area (Å²) in [5.41, 5.74) is 8.75. The minimum Gasteiger partial charge on any atom is -1.00 e. The number of ether oxygens (including phenoxy) is 1. The number of aliphatic hydroxyl groups is 1. The summed E-state index contributed by atoms with van der Waals surface area (Å²) in [7, 11) is 1.38. The molecule has 0 bridgehead atoms. The van der Waals surface area contributed by atoms with Crippen molar-refractivity contribution >= 4 is 17.3 Å². The normalized spacial score (nSPS) is 13.7. The molecule has 0 aromatic heterocycles. The largest absolute Gasteiger partial charge is 2.00 e. The quantitative estimate of drug-likeness (QED) is 0.301. The van der Waals surface area contributed by atoms with Gasteiger partial charge >= 0.3 is 25.2 Å². The summed E-state index contributed by atoms with van der Waals surface area (Å²) in [5.74, 6) is 0.102. The van der Waals surface area contributed by atoms with Gasteiger partial charge in [0, 0.05) is 0 Å². The molecule has 0 amide bonds. The summed E-state index contributed by atoms with van der Waals surface area (Å²) in [6.07, 6.45) is 1.76. The van der Waals surface area contributed by atoms with Crippen molar-refractivity contribution in [3.63, 3.8) is 0 Å². The van der Waals surface area contributed by atoms with Gasteiger partial charge in [-0.25, -0.2) is 0 Å². The van der Waals surface area contributed by atoms with Crippen LogP contribution >= 0.6 is 11.6 Å². The summed E-state index contributed by atoms with van der Waals surface area (Å²) >= 11 is 5.71. The van der Waals surface area contributed by atoms with Crippen LogP contribution < -0.4 is 24.8 Å². The van der Waals surface area contributed by atoms with Crippen LogP contribution in [-0.4, -0.2) is 22.7 Å². The Morgan fingerprint density at radius 3 is 2.47 bits per heavy atom. The second-order valence-electron chi connectivity index (χ2n) is 2.19. The molecule has 0 atom stereocenters. The smallest absolute Gasteiger partial charge is 1.00 e. The van der Waals surface area contributed by atoms with Gasteiger partial charge in [0.2, 0.25) is 0 Å². The van der Waals surface area contributed by atoms with Gasteiger partial charge in [0.25, 0.3) is 0 Å². The van der Waals surface area contributed by atoms with Crippen LogP contribution in [0, 0.1) is 0 Å². The number of hydrogen-bond acceptors (Lipinski definition) is 2. The van der Waals surface area contributed by atoms with E-state index in [4.69, 9.17) is 21.9 Å². The van der Waals surface area contributed by atoms with Gasteiger partial charge in [0.1, 0.15) is 0 Å². The molecule has 1 aliphatic rings. The first-order valence-corrected chi connectivity index (χ1v) is 3.63. The van der Waals surface area contributed by atoms with E-state index < -0.39 is 0 Å². The molecular formula is C7H7Cl3N2O2Zn. The van der Waals surface area contributed by atoms with Crippen LogP contribution in [0.3, 0.4) is 0 Å². The first-order chi connectivity index (χ1) is 5.70. The zero-order chi connectivity index (χ0) is 9.14. The summed E-state index contributed by atoms with van der Waals surface area (Å²) in [6, 6.07) is 0. The third kappa shape index (κ3) is 4.54. The second kappa shape index (κ2) is 9.20. The Morgan fingerprint density at radius 2 is 2.07 bits per heavy atom. The van der Waals surface area contributed by atoms with Gasteiger partial charge in [-0.3, -0.25) is 0 Å². The van der Waals surface area contributed by atoms with Crippen LogP contribution in [0.25, 0.3) is 5.53 Å². The minimum atomic E-state index is -0.0325. The van der Waals surface area contributed by atoms with E-state index in [2.05, 4.69) is 4.79 Å². The fourth-order valence-corrected chi connectivity index (χ4v) is 1.19. The van der Waals surface area contributed by atoms with Gasteiger partial charge in [-0.05, 0) is 6.08 Å². The zero-order valence-corrected chi connectivity index (χ0v) is 13.1. The van der Waals surface area contributed by atoms with Gasteiger partial charge in [-0.15, -0.1) is 0 Å². The molecule has 80 valence electrons. The molecular weight excluding hydrogens is 316 g/mol. The fourth-order valence-electron chi connectivity index (χ4n) is 0.898. The average molecular weight is 323 g/mol. The minimum absolute atomic E-state index is 0. The second-order valence-corrected chi connectivity index (χ2v) is 2.57. The van der Waals surface area contributed by atoms with E-state index in [-0.39, 0.29) is 66.6 Å². The van der Waals surface area contributed by atoms with Gasteiger partial charge in [-0.1, -0.05) is 11.6 Å². The van der Waals surface area contributed by atoms with Crippen molar-refractivity contribution in [2.24, 2.45) is 0 Å². The zero-order valence-electron chi connectivity index (χ0n) is 7.88. The van der Waals surface area contributed by atoms with Crippen molar-refractivity contribution in [2.75, 3.05) is 7.11 Å². The molecule has 0 heterocycles. The van der Waals surface area contributed by atoms with Crippen molar-refractivity contribution in [2.45, 2.75) is 6.42 Å². The van der Waals surface area contributed by atoms with Crippen LogP contribution in [0.1, 0.15) is 6.42 Å². The van der Waals surface area contributed by atoms with E-state index in [0.717, 1.165) is 0 Å². The molecule has 15 heavy (non-hydrogen) atoms. The topological polar surface area (TPSA) is 65.9 Å². The van der Waals surface area contributed by atoms with Crippen LogP contribution in [0.2, 0.25) is 0 Å². The van der Waals surface area contributed by atoms with E-state index >= 15 is 0 Å². The Kier molecular flexibility index (Phi) is 12.5.